The summed E-state index contributed by atoms with van der Waals surface area (Å²) in [5, 5.41) is 13.6. The molecule has 2 aromatic heterocycles. The molecular weight excluding hydrogens is 336 g/mol. The summed E-state index contributed by atoms with van der Waals surface area (Å²) in [4.78, 5) is 29.0. The lowest BCUT2D eigenvalue weighted by Gasteiger charge is -2.07. The van der Waals surface area contributed by atoms with Gasteiger partial charge in [-0.15, -0.1) is 0 Å². The highest BCUT2D eigenvalue weighted by Crippen LogP contribution is 2.16. The van der Waals surface area contributed by atoms with E-state index in [-0.39, 0.29) is 5.75 Å². The molecule has 0 spiro atoms. The van der Waals surface area contributed by atoms with Crippen molar-refractivity contribution in [2.45, 2.75) is 19.9 Å². The summed E-state index contributed by atoms with van der Waals surface area (Å²) in [7, 11) is 3.02. The van der Waals surface area contributed by atoms with Crippen LogP contribution in [-0.4, -0.2) is 30.0 Å². The molecule has 26 heavy (non-hydrogen) atoms. The van der Waals surface area contributed by atoms with Crippen LogP contribution in [0.5, 0.6) is 5.75 Å². The van der Waals surface area contributed by atoms with Crippen molar-refractivity contribution >= 4 is 23.3 Å². The second-order valence-corrected chi connectivity index (χ2v) is 5.93. The average molecular weight is 356 g/mol. The van der Waals surface area contributed by atoms with Crippen LogP contribution in [0.4, 0.5) is 5.95 Å². The van der Waals surface area contributed by atoms with Crippen LogP contribution in [0.25, 0.3) is 11.2 Å². The smallest absolute Gasteiger partial charge is 0.332 e. The number of imidazole rings is 1. The van der Waals surface area contributed by atoms with Gasteiger partial charge in [0, 0.05) is 20.6 Å². The summed E-state index contributed by atoms with van der Waals surface area (Å²) in [6.07, 6.45) is 2.31. The number of fused-ring (bicyclic) bond motifs is 1. The number of hydrogen-bond acceptors (Lipinski definition) is 6. The van der Waals surface area contributed by atoms with Gasteiger partial charge in [0.25, 0.3) is 5.56 Å². The molecule has 0 saturated heterocycles. The molecule has 2 heterocycles. The van der Waals surface area contributed by atoms with Crippen LogP contribution in [0, 0.1) is 0 Å². The van der Waals surface area contributed by atoms with Crippen LogP contribution >= 0.6 is 0 Å². The first-order chi connectivity index (χ1) is 12.4. The zero-order valence-corrected chi connectivity index (χ0v) is 14.8. The lowest BCUT2D eigenvalue weighted by Crippen LogP contribution is -2.37. The summed E-state index contributed by atoms with van der Waals surface area (Å²) >= 11 is 0. The van der Waals surface area contributed by atoms with Crippen molar-refractivity contribution in [1.82, 2.24) is 18.7 Å². The van der Waals surface area contributed by atoms with Crippen LogP contribution in [0.2, 0.25) is 0 Å². The average Bonchev–Trinajstić information content (AvgIpc) is 2.97. The number of anilines is 1. The van der Waals surface area contributed by atoms with E-state index in [1.807, 2.05) is 6.92 Å². The molecule has 1 aromatic carbocycles. The molecule has 0 radical (unpaired) electrons. The molecule has 0 aliphatic rings. The first-order valence-electron chi connectivity index (χ1n) is 8.18. The molecule has 0 unspecified atom stereocenters. The largest absolute Gasteiger partial charge is 0.508 e. The molecule has 9 nitrogen and oxygen atoms in total. The topological polar surface area (TPSA) is 106 Å². The standard InChI is InChI=1S/C17H20N6O3/c1-4-8-23-13-14(21(2)17(26)22(3)15(13)25)19-16(23)20-18-10-11-6-5-7-12(24)9-11/h5-7,9-10,24H,4,8H2,1-3H3,(H,19,20)/b18-10+. The van der Waals surface area contributed by atoms with Crippen molar-refractivity contribution in [2.75, 3.05) is 5.43 Å². The van der Waals surface area contributed by atoms with Gasteiger partial charge in [-0.2, -0.15) is 10.1 Å². The SMILES string of the molecule is CCCn1c(N/N=C/c2cccc(O)c2)nc2c1c(=O)n(C)c(=O)n2C. The van der Waals surface area contributed by atoms with E-state index < -0.39 is 11.2 Å². The quantitative estimate of drug-likeness (QED) is 0.524. The van der Waals surface area contributed by atoms with Crippen molar-refractivity contribution in [3.63, 3.8) is 0 Å². The van der Waals surface area contributed by atoms with Crippen molar-refractivity contribution in [2.24, 2.45) is 19.2 Å². The summed E-state index contributed by atoms with van der Waals surface area (Å²) in [5.74, 6) is 0.516. The van der Waals surface area contributed by atoms with Gasteiger partial charge in [-0.1, -0.05) is 19.1 Å². The van der Waals surface area contributed by atoms with E-state index in [2.05, 4.69) is 15.5 Å². The first kappa shape index (κ1) is 17.5. The number of rotatable bonds is 5. The lowest BCUT2D eigenvalue weighted by molar-refractivity contribution is 0.475. The second-order valence-electron chi connectivity index (χ2n) is 5.93. The molecule has 3 rings (SSSR count). The van der Waals surface area contributed by atoms with E-state index >= 15 is 0 Å². The minimum absolute atomic E-state index is 0.144. The molecule has 2 N–H and O–H groups in total. The van der Waals surface area contributed by atoms with Crippen molar-refractivity contribution < 1.29 is 5.11 Å². The number of nitrogens with one attached hydrogen (secondary N) is 1. The van der Waals surface area contributed by atoms with Gasteiger partial charge in [-0.25, -0.2) is 10.2 Å². The molecule has 3 aromatic rings. The second kappa shape index (κ2) is 6.87. The number of phenolic OH excluding ortho intramolecular Hbond substituents is 1. The first-order valence-corrected chi connectivity index (χ1v) is 8.18. The minimum Gasteiger partial charge on any atom is -0.508 e. The van der Waals surface area contributed by atoms with Gasteiger partial charge in [0.1, 0.15) is 5.75 Å². The van der Waals surface area contributed by atoms with Crippen LogP contribution < -0.4 is 16.7 Å². The molecule has 0 fully saturated rings. The predicted octanol–water partition coefficient (Wildman–Crippen LogP) is 0.995. The van der Waals surface area contributed by atoms with Gasteiger partial charge in [-0.3, -0.25) is 13.9 Å². The van der Waals surface area contributed by atoms with E-state index in [1.54, 1.807) is 35.9 Å². The zero-order chi connectivity index (χ0) is 18.8. The van der Waals surface area contributed by atoms with Crippen molar-refractivity contribution in [1.29, 1.82) is 0 Å². The summed E-state index contributed by atoms with van der Waals surface area (Å²) in [6.45, 7) is 2.53. The van der Waals surface area contributed by atoms with Gasteiger partial charge in [0.2, 0.25) is 5.95 Å². The molecule has 0 saturated carbocycles. The number of phenols is 1. The fourth-order valence-electron chi connectivity index (χ4n) is 2.74. The number of aromatic hydroxyl groups is 1. The fraction of sp³-hybridized carbons (Fsp3) is 0.294. The summed E-state index contributed by atoms with van der Waals surface area (Å²) in [6, 6.07) is 6.64. The summed E-state index contributed by atoms with van der Waals surface area (Å²) < 4.78 is 4.12. The molecule has 9 heteroatoms. The van der Waals surface area contributed by atoms with E-state index in [0.29, 0.717) is 29.2 Å². The van der Waals surface area contributed by atoms with Crippen LogP contribution in [0.3, 0.4) is 0 Å². The number of aryl methyl sites for hydroxylation is 2. The van der Waals surface area contributed by atoms with E-state index in [4.69, 9.17) is 0 Å². The number of benzene rings is 1. The highest BCUT2D eigenvalue weighted by atomic mass is 16.3. The maximum atomic E-state index is 12.5. The summed E-state index contributed by atoms with van der Waals surface area (Å²) in [5.41, 5.74) is 3.37. The molecule has 0 atom stereocenters. The Bertz CT molecular complexity index is 1110. The fourth-order valence-corrected chi connectivity index (χ4v) is 2.74. The van der Waals surface area contributed by atoms with Crippen molar-refractivity contribution in [3.05, 3.63) is 50.7 Å². The van der Waals surface area contributed by atoms with Gasteiger partial charge < -0.3 is 9.67 Å². The molecule has 0 aliphatic carbocycles. The van der Waals surface area contributed by atoms with Gasteiger partial charge in [0.15, 0.2) is 11.2 Å². The predicted molar refractivity (Wildman–Crippen MR) is 99.8 cm³/mol. The van der Waals surface area contributed by atoms with Gasteiger partial charge in [-0.05, 0) is 24.1 Å². The Morgan fingerprint density at radius 3 is 2.73 bits per heavy atom. The van der Waals surface area contributed by atoms with Crippen LogP contribution in [0.15, 0.2) is 39.0 Å². The lowest BCUT2D eigenvalue weighted by atomic mass is 10.2. The minimum atomic E-state index is -0.432. The maximum absolute atomic E-state index is 12.5. The monoisotopic (exact) mass is 356 g/mol. The zero-order valence-electron chi connectivity index (χ0n) is 14.8. The van der Waals surface area contributed by atoms with Gasteiger partial charge in [0.05, 0.1) is 6.21 Å². The van der Waals surface area contributed by atoms with E-state index in [0.717, 1.165) is 11.0 Å². The highest BCUT2D eigenvalue weighted by Gasteiger charge is 2.18. The number of hydrogen-bond donors (Lipinski definition) is 2. The third-order valence-electron chi connectivity index (χ3n) is 4.04. The molecule has 136 valence electrons. The molecule has 0 amide bonds. The number of aromatic nitrogens is 4. The highest BCUT2D eigenvalue weighted by molar-refractivity contribution is 5.81. The Balaban J connectivity index is 2.07. The third kappa shape index (κ3) is 2.99. The van der Waals surface area contributed by atoms with Crippen molar-refractivity contribution in [3.8, 4) is 5.75 Å². The number of hydrazone groups is 1. The Kier molecular flexibility index (Phi) is 4.61. The van der Waals surface area contributed by atoms with Gasteiger partial charge >= 0.3 is 5.69 Å². The molecule has 0 aliphatic heterocycles. The Morgan fingerprint density at radius 1 is 1.27 bits per heavy atom. The number of nitrogens with zero attached hydrogens (tertiary/aromatic N) is 5. The Hall–Kier alpha value is -3.36. The van der Waals surface area contributed by atoms with E-state index in [1.165, 1.54) is 17.8 Å². The van der Waals surface area contributed by atoms with Crippen LogP contribution in [0.1, 0.15) is 18.9 Å². The molecule has 0 bridgehead atoms. The molecular formula is C17H20N6O3. The Morgan fingerprint density at radius 2 is 2.04 bits per heavy atom. The third-order valence-corrected chi connectivity index (χ3v) is 4.04. The van der Waals surface area contributed by atoms with E-state index in [9.17, 15) is 14.7 Å². The Labute approximate surface area is 148 Å². The van der Waals surface area contributed by atoms with Crippen LogP contribution in [-0.2, 0) is 20.6 Å². The maximum Gasteiger partial charge on any atom is 0.332 e. The normalized spacial score (nSPS) is 11.5.